The highest BCUT2D eigenvalue weighted by Crippen LogP contribution is 2.33. The Hall–Kier alpha value is -3.22. The van der Waals surface area contributed by atoms with E-state index in [2.05, 4.69) is 5.32 Å². The molecule has 2 aromatic carbocycles. The van der Waals surface area contributed by atoms with Gasteiger partial charge in [-0.2, -0.15) is 0 Å². The van der Waals surface area contributed by atoms with Gasteiger partial charge in [0.2, 0.25) is 5.91 Å². The average Bonchev–Trinajstić information content (AvgIpc) is 3.11. The number of anilines is 1. The van der Waals surface area contributed by atoms with E-state index in [1.54, 1.807) is 25.3 Å². The fourth-order valence-corrected chi connectivity index (χ4v) is 3.05. The highest BCUT2D eigenvalue weighted by molar-refractivity contribution is 5.90. The molecule has 1 aliphatic heterocycles. The third kappa shape index (κ3) is 4.73. The molecule has 1 unspecified atom stereocenters. The summed E-state index contributed by atoms with van der Waals surface area (Å²) in [6, 6.07) is 15.1. The van der Waals surface area contributed by atoms with Crippen molar-refractivity contribution >= 4 is 17.7 Å². The fourth-order valence-electron chi connectivity index (χ4n) is 3.05. The molecule has 28 heavy (non-hydrogen) atoms. The molecule has 148 valence electrons. The molecule has 1 atom stereocenters. The van der Waals surface area contributed by atoms with Crippen molar-refractivity contribution < 1.29 is 23.8 Å². The van der Waals surface area contributed by atoms with Crippen LogP contribution in [0.15, 0.2) is 48.5 Å². The normalized spacial score (nSPS) is 15.9. The van der Waals surface area contributed by atoms with E-state index >= 15 is 0 Å². The Morgan fingerprint density at radius 3 is 2.61 bits per heavy atom. The number of cyclic esters (lactones) is 1. The first-order valence-electron chi connectivity index (χ1n) is 9.11. The Labute approximate surface area is 164 Å². The van der Waals surface area contributed by atoms with Crippen molar-refractivity contribution in [2.45, 2.75) is 18.9 Å². The molecular weight excluding hydrogens is 360 g/mol. The van der Waals surface area contributed by atoms with Crippen molar-refractivity contribution in [3.05, 3.63) is 54.1 Å². The van der Waals surface area contributed by atoms with Crippen LogP contribution in [-0.2, 0) is 16.0 Å². The summed E-state index contributed by atoms with van der Waals surface area (Å²) in [6.45, 7) is 0.635. The van der Waals surface area contributed by atoms with Crippen LogP contribution >= 0.6 is 0 Å². The predicted molar refractivity (Wildman–Crippen MR) is 105 cm³/mol. The molecule has 2 amide bonds. The first-order valence-corrected chi connectivity index (χ1v) is 9.11. The van der Waals surface area contributed by atoms with E-state index < -0.39 is 12.2 Å². The number of carbonyl (C=O) groups excluding carboxylic acids is 2. The van der Waals surface area contributed by atoms with Crippen LogP contribution in [0.2, 0.25) is 0 Å². The van der Waals surface area contributed by atoms with E-state index in [0.717, 1.165) is 5.56 Å². The minimum atomic E-state index is -0.448. The van der Waals surface area contributed by atoms with Gasteiger partial charge < -0.3 is 19.5 Å². The Morgan fingerprint density at radius 1 is 1.14 bits per heavy atom. The number of carbonyl (C=O) groups is 2. The number of methoxy groups -OCH3 is 2. The van der Waals surface area contributed by atoms with Crippen LogP contribution in [0.3, 0.4) is 0 Å². The Kier molecular flexibility index (Phi) is 6.37. The summed E-state index contributed by atoms with van der Waals surface area (Å²) in [5, 5.41) is 2.84. The second-order valence-corrected chi connectivity index (χ2v) is 6.45. The maximum atomic E-state index is 12.2. The second-order valence-electron chi connectivity index (χ2n) is 6.45. The standard InChI is InChI=1S/C21H24N2O5/c1-26-18-10-9-16(12-19(18)27-2)23-14-17(28-21(23)25)13-22-20(24)11-8-15-6-4-3-5-7-15/h3-7,9-10,12,17H,8,11,13-14H2,1-2H3,(H,22,24). The summed E-state index contributed by atoms with van der Waals surface area (Å²) in [5.74, 6) is 1.05. The molecule has 1 aliphatic rings. The summed E-state index contributed by atoms with van der Waals surface area (Å²) in [4.78, 5) is 25.8. The van der Waals surface area contributed by atoms with E-state index in [1.165, 1.54) is 12.0 Å². The number of amides is 2. The van der Waals surface area contributed by atoms with Gasteiger partial charge in [-0.05, 0) is 24.1 Å². The molecular formula is C21H24N2O5. The quantitative estimate of drug-likeness (QED) is 0.757. The van der Waals surface area contributed by atoms with Crippen molar-refractivity contribution in [2.75, 3.05) is 32.2 Å². The zero-order chi connectivity index (χ0) is 19.9. The van der Waals surface area contributed by atoms with E-state index in [4.69, 9.17) is 14.2 Å². The third-order valence-electron chi connectivity index (χ3n) is 4.56. The lowest BCUT2D eigenvalue weighted by molar-refractivity contribution is -0.121. The lowest BCUT2D eigenvalue weighted by Gasteiger charge is -2.15. The molecule has 1 fully saturated rings. The van der Waals surface area contributed by atoms with E-state index in [0.29, 0.717) is 36.6 Å². The molecule has 0 aromatic heterocycles. The highest BCUT2D eigenvalue weighted by Gasteiger charge is 2.33. The van der Waals surface area contributed by atoms with Crippen LogP contribution < -0.4 is 19.7 Å². The zero-order valence-corrected chi connectivity index (χ0v) is 16.0. The van der Waals surface area contributed by atoms with Crippen LogP contribution in [0.4, 0.5) is 10.5 Å². The highest BCUT2D eigenvalue weighted by atomic mass is 16.6. The van der Waals surface area contributed by atoms with Crippen LogP contribution in [0.1, 0.15) is 12.0 Å². The van der Waals surface area contributed by atoms with E-state index in [-0.39, 0.29) is 12.5 Å². The van der Waals surface area contributed by atoms with Gasteiger partial charge in [0.1, 0.15) is 6.10 Å². The molecule has 7 heteroatoms. The lowest BCUT2D eigenvalue weighted by atomic mass is 10.1. The minimum Gasteiger partial charge on any atom is -0.493 e. The zero-order valence-electron chi connectivity index (χ0n) is 16.0. The van der Waals surface area contributed by atoms with Crippen molar-refractivity contribution in [2.24, 2.45) is 0 Å². The minimum absolute atomic E-state index is 0.0653. The summed E-state index contributed by atoms with van der Waals surface area (Å²) in [6.07, 6.45) is 0.218. The largest absolute Gasteiger partial charge is 0.493 e. The van der Waals surface area contributed by atoms with Crippen LogP contribution in [-0.4, -0.2) is 45.4 Å². The van der Waals surface area contributed by atoms with Gasteiger partial charge in [0.05, 0.1) is 33.0 Å². The number of nitrogens with zero attached hydrogens (tertiary/aromatic N) is 1. The Morgan fingerprint density at radius 2 is 1.89 bits per heavy atom. The smallest absolute Gasteiger partial charge is 0.414 e. The number of aryl methyl sites for hydroxylation is 1. The van der Waals surface area contributed by atoms with Crippen molar-refractivity contribution in [1.29, 1.82) is 0 Å². The van der Waals surface area contributed by atoms with Gasteiger partial charge in [0.25, 0.3) is 0 Å². The Balaban J connectivity index is 1.51. The van der Waals surface area contributed by atoms with E-state index in [9.17, 15) is 9.59 Å². The van der Waals surface area contributed by atoms with Gasteiger partial charge in [-0.1, -0.05) is 30.3 Å². The third-order valence-corrected chi connectivity index (χ3v) is 4.56. The molecule has 0 spiro atoms. The van der Waals surface area contributed by atoms with Gasteiger partial charge in [0.15, 0.2) is 11.5 Å². The molecule has 0 radical (unpaired) electrons. The molecule has 1 heterocycles. The number of ether oxygens (including phenoxy) is 3. The van der Waals surface area contributed by atoms with Crippen molar-refractivity contribution in [3.63, 3.8) is 0 Å². The van der Waals surface area contributed by atoms with Gasteiger partial charge in [-0.15, -0.1) is 0 Å². The number of nitrogens with one attached hydrogen (secondary N) is 1. The summed E-state index contributed by atoms with van der Waals surface area (Å²) in [7, 11) is 3.09. The topological polar surface area (TPSA) is 77.1 Å². The van der Waals surface area contributed by atoms with Gasteiger partial charge in [0, 0.05) is 12.5 Å². The first-order chi connectivity index (χ1) is 13.6. The summed E-state index contributed by atoms with van der Waals surface area (Å²) in [5.41, 5.74) is 1.77. The fraction of sp³-hybridized carbons (Fsp3) is 0.333. The number of hydrogen-bond acceptors (Lipinski definition) is 5. The molecule has 0 aliphatic carbocycles. The molecule has 3 rings (SSSR count). The van der Waals surface area contributed by atoms with Crippen molar-refractivity contribution in [1.82, 2.24) is 5.32 Å². The second kappa shape index (κ2) is 9.12. The SMILES string of the molecule is COc1ccc(N2CC(CNC(=O)CCc3ccccc3)OC2=O)cc1OC. The molecule has 0 bridgehead atoms. The molecule has 0 saturated carbocycles. The maximum absolute atomic E-state index is 12.2. The molecule has 1 saturated heterocycles. The Bertz CT molecular complexity index is 825. The number of rotatable bonds is 8. The first kappa shape index (κ1) is 19.5. The van der Waals surface area contributed by atoms with Gasteiger partial charge in [-0.25, -0.2) is 4.79 Å². The molecule has 1 N–H and O–H groups in total. The summed E-state index contributed by atoms with van der Waals surface area (Å²) >= 11 is 0. The van der Waals surface area contributed by atoms with Crippen LogP contribution in [0.5, 0.6) is 11.5 Å². The monoisotopic (exact) mass is 384 g/mol. The van der Waals surface area contributed by atoms with Gasteiger partial charge >= 0.3 is 6.09 Å². The molecule has 2 aromatic rings. The molecule has 7 nitrogen and oxygen atoms in total. The maximum Gasteiger partial charge on any atom is 0.414 e. The van der Waals surface area contributed by atoms with Crippen LogP contribution in [0.25, 0.3) is 0 Å². The number of benzene rings is 2. The predicted octanol–water partition coefficient (Wildman–Crippen LogP) is 2.78. The van der Waals surface area contributed by atoms with Crippen molar-refractivity contribution in [3.8, 4) is 11.5 Å². The number of hydrogen-bond donors (Lipinski definition) is 1. The van der Waals surface area contributed by atoms with E-state index in [1.807, 2.05) is 30.3 Å². The van der Waals surface area contributed by atoms with Gasteiger partial charge in [-0.3, -0.25) is 9.69 Å². The average molecular weight is 384 g/mol. The van der Waals surface area contributed by atoms with Crippen LogP contribution in [0, 0.1) is 0 Å². The summed E-state index contributed by atoms with van der Waals surface area (Å²) < 4.78 is 15.9. The lowest BCUT2D eigenvalue weighted by Crippen LogP contribution is -2.34.